The van der Waals surface area contributed by atoms with E-state index in [4.69, 9.17) is 5.11 Å². The van der Waals surface area contributed by atoms with Crippen molar-refractivity contribution in [2.75, 3.05) is 6.61 Å². The predicted molar refractivity (Wildman–Crippen MR) is 94.1 cm³/mol. The zero-order chi connectivity index (χ0) is 16.7. The predicted octanol–water partition coefficient (Wildman–Crippen LogP) is 4.99. The number of aliphatic hydroxyl groups is 1. The molecule has 0 heterocycles. The molecular weight excluding hydrogens is 284 g/mol. The highest BCUT2D eigenvalue weighted by Gasteiger charge is 2.57. The molecule has 0 aromatic heterocycles. The van der Waals surface area contributed by atoms with Gasteiger partial charge in [-0.25, -0.2) is 0 Å². The minimum Gasteiger partial charge on any atom is -0.397 e. The first kappa shape index (κ1) is 17.5. The van der Waals surface area contributed by atoms with Gasteiger partial charge in [0.15, 0.2) is 0 Å². The van der Waals surface area contributed by atoms with Crippen molar-refractivity contribution >= 4 is 5.78 Å². The first-order chi connectivity index (χ1) is 10.9. The zero-order valence-corrected chi connectivity index (χ0v) is 15.4. The number of aliphatic hydroxyl groups excluding tert-OH is 1. The van der Waals surface area contributed by atoms with Crippen LogP contribution in [0.1, 0.15) is 85.0 Å². The Bertz CT molecular complexity index is 445. The molecule has 0 aliphatic heterocycles. The topological polar surface area (TPSA) is 37.3 Å². The summed E-state index contributed by atoms with van der Waals surface area (Å²) in [5.41, 5.74) is 1.18. The Kier molecular flexibility index (Phi) is 4.93. The molecule has 0 bridgehead atoms. The molecule has 2 nitrogen and oxygen atoms in total. The molecule has 0 aromatic carbocycles. The van der Waals surface area contributed by atoms with Crippen LogP contribution >= 0.6 is 0 Å². The summed E-state index contributed by atoms with van der Waals surface area (Å²) in [6.07, 6.45) is 13.1. The fraction of sp³-hybridized carbons (Fsp3) is 0.952. The highest BCUT2D eigenvalue weighted by Crippen LogP contribution is 2.65. The molecule has 4 saturated carbocycles. The lowest BCUT2D eigenvalue weighted by Crippen LogP contribution is -2.52. The standard InChI is InChI=1S/C19H30O.C2H6O/c1-18-9-3-4-16(18)15-6-5-13-12-14(20)7-11-19(13,2)17(15)8-10-18;1-2-3/h13,15-17H,3-12H2,1-2H3;3H,2H2,1H3/t13-,15?,16-,17-,18?,19?;/m0./s1. The number of hydrogen-bond acceptors (Lipinski definition) is 2. The average Bonchev–Trinajstić information content (AvgIpc) is 2.90. The van der Waals surface area contributed by atoms with Gasteiger partial charge in [-0.15, -0.1) is 0 Å². The molecule has 4 aliphatic carbocycles. The Labute approximate surface area is 142 Å². The van der Waals surface area contributed by atoms with Crippen molar-refractivity contribution in [1.29, 1.82) is 0 Å². The number of fused-ring (bicyclic) bond motifs is 5. The lowest BCUT2D eigenvalue weighted by atomic mass is 9.45. The van der Waals surface area contributed by atoms with E-state index in [9.17, 15) is 4.79 Å². The van der Waals surface area contributed by atoms with Gasteiger partial charge in [-0.3, -0.25) is 4.79 Å². The summed E-state index contributed by atoms with van der Waals surface area (Å²) >= 11 is 0. The van der Waals surface area contributed by atoms with Crippen molar-refractivity contribution < 1.29 is 9.90 Å². The van der Waals surface area contributed by atoms with E-state index in [2.05, 4.69) is 13.8 Å². The van der Waals surface area contributed by atoms with E-state index in [0.29, 0.717) is 16.6 Å². The Morgan fingerprint density at radius 3 is 2.52 bits per heavy atom. The van der Waals surface area contributed by atoms with Crippen LogP contribution in [0.2, 0.25) is 0 Å². The van der Waals surface area contributed by atoms with Crippen molar-refractivity contribution in [3.05, 3.63) is 0 Å². The maximum absolute atomic E-state index is 11.9. The summed E-state index contributed by atoms with van der Waals surface area (Å²) in [5.74, 6) is 4.20. The van der Waals surface area contributed by atoms with E-state index in [-0.39, 0.29) is 6.61 Å². The van der Waals surface area contributed by atoms with Gasteiger partial charge in [-0.2, -0.15) is 0 Å². The number of carbonyl (C=O) groups is 1. The quantitative estimate of drug-likeness (QED) is 0.683. The van der Waals surface area contributed by atoms with Crippen molar-refractivity contribution in [2.45, 2.75) is 85.0 Å². The van der Waals surface area contributed by atoms with Crippen LogP contribution in [0.15, 0.2) is 0 Å². The molecular formula is C21H36O2. The third-order valence-corrected chi connectivity index (χ3v) is 8.26. The SMILES string of the molecule is CC12CCC[C@H]1C1CC[C@H]3CC(=O)CCC3(C)[C@H]1CC2.CCO. The van der Waals surface area contributed by atoms with Crippen molar-refractivity contribution in [2.24, 2.45) is 34.5 Å². The van der Waals surface area contributed by atoms with Crippen LogP contribution < -0.4 is 0 Å². The third-order valence-electron chi connectivity index (χ3n) is 8.26. The Morgan fingerprint density at radius 1 is 1.04 bits per heavy atom. The zero-order valence-electron chi connectivity index (χ0n) is 15.4. The highest BCUT2D eigenvalue weighted by atomic mass is 16.2. The molecule has 0 amide bonds. The van der Waals surface area contributed by atoms with Gasteiger partial charge in [0.25, 0.3) is 0 Å². The molecule has 0 saturated heterocycles. The van der Waals surface area contributed by atoms with Crippen LogP contribution in [0, 0.1) is 34.5 Å². The maximum atomic E-state index is 11.9. The molecule has 0 spiro atoms. The van der Waals surface area contributed by atoms with Gasteiger partial charge < -0.3 is 5.11 Å². The highest BCUT2D eigenvalue weighted by molar-refractivity contribution is 5.79. The van der Waals surface area contributed by atoms with Crippen molar-refractivity contribution in [3.8, 4) is 0 Å². The van der Waals surface area contributed by atoms with Gasteiger partial charge in [0.05, 0.1) is 0 Å². The summed E-state index contributed by atoms with van der Waals surface area (Å²) in [6.45, 7) is 7.07. The van der Waals surface area contributed by atoms with Gasteiger partial charge in [-0.1, -0.05) is 20.3 Å². The first-order valence-corrected chi connectivity index (χ1v) is 10.1. The average molecular weight is 321 g/mol. The fourth-order valence-electron chi connectivity index (χ4n) is 7.04. The van der Waals surface area contributed by atoms with E-state index in [1.54, 1.807) is 6.92 Å². The summed E-state index contributed by atoms with van der Waals surface area (Å²) in [4.78, 5) is 11.9. The van der Waals surface area contributed by atoms with Gasteiger partial charge in [0, 0.05) is 19.4 Å². The van der Waals surface area contributed by atoms with E-state index in [1.807, 2.05) is 0 Å². The smallest absolute Gasteiger partial charge is 0.133 e. The molecule has 4 aliphatic rings. The minimum absolute atomic E-state index is 0.250. The van der Waals surface area contributed by atoms with Crippen LogP contribution in [-0.4, -0.2) is 17.5 Å². The van der Waals surface area contributed by atoms with Crippen LogP contribution in [0.3, 0.4) is 0 Å². The minimum atomic E-state index is 0.250. The van der Waals surface area contributed by atoms with E-state index < -0.39 is 0 Å². The second-order valence-electron chi connectivity index (χ2n) is 9.30. The molecule has 2 heteroatoms. The van der Waals surface area contributed by atoms with Crippen molar-refractivity contribution in [1.82, 2.24) is 0 Å². The second-order valence-corrected chi connectivity index (χ2v) is 9.30. The molecule has 4 fully saturated rings. The number of rotatable bonds is 0. The van der Waals surface area contributed by atoms with E-state index >= 15 is 0 Å². The van der Waals surface area contributed by atoms with E-state index in [0.717, 1.165) is 36.5 Å². The molecule has 0 aromatic rings. The first-order valence-electron chi connectivity index (χ1n) is 10.1. The van der Waals surface area contributed by atoms with Crippen LogP contribution in [-0.2, 0) is 4.79 Å². The third kappa shape index (κ3) is 2.90. The molecule has 0 radical (unpaired) electrons. The molecule has 23 heavy (non-hydrogen) atoms. The maximum Gasteiger partial charge on any atom is 0.133 e. The van der Waals surface area contributed by atoms with Crippen molar-refractivity contribution in [3.63, 3.8) is 0 Å². The van der Waals surface area contributed by atoms with Crippen LogP contribution in [0.4, 0.5) is 0 Å². The number of carbonyl (C=O) groups excluding carboxylic acids is 1. The fourth-order valence-corrected chi connectivity index (χ4v) is 7.04. The number of ketones is 1. The van der Waals surface area contributed by atoms with Crippen LogP contribution in [0.25, 0.3) is 0 Å². The summed E-state index contributed by atoms with van der Waals surface area (Å²) in [6, 6.07) is 0. The lowest BCUT2D eigenvalue weighted by Gasteiger charge is -2.59. The van der Waals surface area contributed by atoms with E-state index in [1.165, 1.54) is 51.4 Å². The monoisotopic (exact) mass is 320 g/mol. The van der Waals surface area contributed by atoms with Gasteiger partial charge in [-0.05, 0) is 86.4 Å². The molecule has 132 valence electrons. The molecule has 4 rings (SSSR count). The Balaban J connectivity index is 0.000000485. The largest absolute Gasteiger partial charge is 0.397 e. The summed E-state index contributed by atoms with van der Waals surface area (Å²) in [7, 11) is 0. The normalized spacial score (nSPS) is 48.6. The number of hydrogen-bond donors (Lipinski definition) is 1. The van der Waals surface area contributed by atoms with Gasteiger partial charge in [0.2, 0.25) is 0 Å². The summed E-state index contributed by atoms with van der Waals surface area (Å²) < 4.78 is 0. The van der Waals surface area contributed by atoms with Gasteiger partial charge >= 0.3 is 0 Å². The van der Waals surface area contributed by atoms with Crippen LogP contribution in [0.5, 0.6) is 0 Å². The number of Topliss-reactive ketones (excluding diaryl/α,β-unsaturated/α-hetero) is 1. The molecule has 1 N–H and O–H groups in total. The second kappa shape index (κ2) is 6.50. The molecule has 3 unspecified atom stereocenters. The summed E-state index contributed by atoms with van der Waals surface area (Å²) in [5, 5.41) is 7.57. The molecule has 6 atom stereocenters. The lowest BCUT2D eigenvalue weighted by molar-refractivity contribution is -0.137. The Hall–Kier alpha value is -0.370. The Morgan fingerprint density at radius 2 is 1.78 bits per heavy atom. The van der Waals surface area contributed by atoms with Gasteiger partial charge in [0.1, 0.15) is 5.78 Å².